The Morgan fingerprint density at radius 3 is 2.81 bits per heavy atom. The molecule has 0 aliphatic carbocycles. The molecule has 0 saturated carbocycles. The Labute approximate surface area is 157 Å². The molecule has 1 atom stereocenters. The second kappa shape index (κ2) is 7.79. The number of amides is 2. The van der Waals surface area contributed by atoms with Crippen molar-refractivity contribution in [3.8, 4) is 5.75 Å². The van der Waals surface area contributed by atoms with Gasteiger partial charge in [-0.3, -0.25) is 9.59 Å². The van der Waals surface area contributed by atoms with Crippen molar-refractivity contribution < 1.29 is 14.3 Å². The quantitative estimate of drug-likeness (QED) is 0.875. The zero-order valence-corrected chi connectivity index (χ0v) is 15.5. The molecule has 3 rings (SSSR count). The van der Waals surface area contributed by atoms with Gasteiger partial charge in [0, 0.05) is 24.5 Å². The maximum Gasteiger partial charge on any atom is 0.227 e. The lowest BCUT2D eigenvalue weighted by Gasteiger charge is -2.20. The van der Waals surface area contributed by atoms with Crippen molar-refractivity contribution in [2.75, 3.05) is 18.6 Å². The third-order valence-electron chi connectivity index (χ3n) is 4.64. The van der Waals surface area contributed by atoms with Gasteiger partial charge in [0.15, 0.2) is 0 Å². The number of nitrogens with one attached hydrogen (secondary N) is 1. The zero-order chi connectivity index (χ0) is 18.7. The molecule has 1 saturated heterocycles. The van der Waals surface area contributed by atoms with E-state index in [9.17, 15) is 9.59 Å². The van der Waals surface area contributed by atoms with Crippen molar-refractivity contribution in [3.63, 3.8) is 0 Å². The second-order valence-corrected chi connectivity index (χ2v) is 6.80. The van der Waals surface area contributed by atoms with Gasteiger partial charge in [0.1, 0.15) is 5.75 Å². The molecular formula is C20H21ClN2O3. The summed E-state index contributed by atoms with van der Waals surface area (Å²) in [5.74, 6) is -0.0642. The van der Waals surface area contributed by atoms with Gasteiger partial charge in [-0.2, -0.15) is 0 Å². The van der Waals surface area contributed by atoms with Crippen LogP contribution in [0, 0.1) is 12.8 Å². The first-order chi connectivity index (χ1) is 12.5. The second-order valence-electron chi connectivity index (χ2n) is 6.37. The molecule has 6 heteroatoms. The number of rotatable bonds is 5. The molecular weight excluding hydrogens is 352 g/mol. The van der Waals surface area contributed by atoms with E-state index >= 15 is 0 Å². The predicted molar refractivity (Wildman–Crippen MR) is 101 cm³/mol. The molecule has 1 fully saturated rings. The van der Waals surface area contributed by atoms with Crippen LogP contribution in [0.5, 0.6) is 5.75 Å². The van der Waals surface area contributed by atoms with Crippen LogP contribution in [0.3, 0.4) is 0 Å². The lowest BCUT2D eigenvalue weighted by molar-refractivity contribution is -0.126. The lowest BCUT2D eigenvalue weighted by atomic mass is 10.1. The molecule has 2 aromatic rings. The smallest absolute Gasteiger partial charge is 0.227 e. The Balaban J connectivity index is 1.69. The molecule has 0 spiro atoms. The van der Waals surface area contributed by atoms with Gasteiger partial charge in [0.25, 0.3) is 0 Å². The average molecular weight is 373 g/mol. The maximum atomic E-state index is 12.5. The van der Waals surface area contributed by atoms with Crippen LogP contribution >= 0.6 is 11.6 Å². The van der Waals surface area contributed by atoms with Gasteiger partial charge in [0.05, 0.1) is 18.7 Å². The molecule has 0 aromatic heterocycles. The van der Waals surface area contributed by atoms with E-state index in [4.69, 9.17) is 16.3 Å². The van der Waals surface area contributed by atoms with E-state index in [1.54, 1.807) is 30.2 Å². The Bertz CT molecular complexity index is 838. The van der Waals surface area contributed by atoms with Crippen molar-refractivity contribution >= 4 is 29.1 Å². The number of halogens is 1. The number of anilines is 1. The van der Waals surface area contributed by atoms with Gasteiger partial charge < -0.3 is 15.0 Å². The largest absolute Gasteiger partial charge is 0.495 e. The highest BCUT2D eigenvalue weighted by atomic mass is 35.5. The first-order valence-electron chi connectivity index (χ1n) is 8.45. The standard InChI is InChI=1S/C20H21ClN2O3/c1-13-5-3-4-6-14(13)11-22-20(25)15-9-19(24)23(12-15)17-10-16(21)7-8-18(17)26-2/h3-8,10,15H,9,11-12H2,1-2H3,(H,22,25)/t15-/m1/s1. The molecule has 1 heterocycles. The normalized spacial score (nSPS) is 16.7. The van der Waals surface area contributed by atoms with Crippen molar-refractivity contribution in [1.82, 2.24) is 5.32 Å². The van der Waals surface area contributed by atoms with Crippen molar-refractivity contribution in [2.24, 2.45) is 5.92 Å². The fourth-order valence-electron chi connectivity index (χ4n) is 3.13. The van der Waals surface area contributed by atoms with Gasteiger partial charge in [0.2, 0.25) is 11.8 Å². The SMILES string of the molecule is COc1ccc(Cl)cc1N1C[C@H](C(=O)NCc2ccccc2C)CC1=O. The minimum absolute atomic E-state index is 0.110. The van der Waals surface area contributed by atoms with Crippen LogP contribution in [-0.2, 0) is 16.1 Å². The van der Waals surface area contributed by atoms with E-state index in [-0.39, 0.29) is 18.2 Å². The summed E-state index contributed by atoms with van der Waals surface area (Å²) in [6.07, 6.45) is 0.176. The highest BCUT2D eigenvalue weighted by Crippen LogP contribution is 2.35. The molecule has 0 bridgehead atoms. The van der Waals surface area contributed by atoms with Gasteiger partial charge in [-0.05, 0) is 36.2 Å². The third kappa shape index (κ3) is 3.83. The summed E-state index contributed by atoms with van der Waals surface area (Å²) >= 11 is 6.06. The van der Waals surface area contributed by atoms with Crippen LogP contribution in [0.2, 0.25) is 5.02 Å². The summed E-state index contributed by atoms with van der Waals surface area (Å²) in [5.41, 5.74) is 2.79. The summed E-state index contributed by atoms with van der Waals surface area (Å²) in [6, 6.07) is 13.0. The van der Waals surface area contributed by atoms with Crippen molar-refractivity contribution in [2.45, 2.75) is 19.9 Å². The molecule has 26 heavy (non-hydrogen) atoms. The molecule has 136 valence electrons. The van der Waals surface area contributed by atoms with Crippen LogP contribution in [-0.4, -0.2) is 25.5 Å². The fraction of sp³-hybridized carbons (Fsp3) is 0.300. The Morgan fingerprint density at radius 1 is 1.31 bits per heavy atom. The number of benzene rings is 2. The minimum atomic E-state index is -0.393. The molecule has 1 N–H and O–H groups in total. The first-order valence-corrected chi connectivity index (χ1v) is 8.83. The molecule has 2 aromatic carbocycles. The first kappa shape index (κ1) is 18.3. The number of nitrogens with zero attached hydrogens (tertiary/aromatic N) is 1. The minimum Gasteiger partial charge on any atom is -0.495 e. The van der Waals surface area contributed by atoms with Crippen LogP contribution < -0.4 is 15.0 Å². The predicted octanol–water partition coefficient (Wildman–Crippen LogP) is 3.33. The summed E-state index contributed by atoms with van der Waals surface area (Å²) in [5, 5.41) is 3.45. The van der Waals surface area contributed by atoms with Crippen LogP contribution in [0.25, 0.3) is 0 Å². The van der Waals surface area contributed by atoms with Crippen LogP contribution in [0.4, 0.5) is 5.69 Å². The molecule has 2 amide bonds. The fourth-order valence-corrected chi connectivity index (χ4v) is 3.29. The highest BCUT2D eigenvalue weighted by molar-refractivity contribution is 6.31. The molecule has 0 radical (unpaired) electrons. The summed E-state index contributed by atoms with van der Waals surface area (Å²) < 4.78 is 5.32. The number of ether oxygens (including phenoxy) is 1. The lowest BCUT2D eigenvalue weighted by Crippen LogP contribution is -2.32. The van der Waals surface area contributed by atoms with E-state index in [2.05, 4.69) is 5.32 Å². The summed E-state index contributed by atoms with van der Waals surface area (Å²) in [6.45, 7) is 2.78. The van der Waals surface area contributed by atoms with E-state index in [1.165, 1.54) is 0 Å². The number of methoxy groups -OCH3 is 1. The van der Waals surface area contributed by atoms with E-state index in [1.807, 2.05) is 31.2 Å². The zero-order valence-electron chi connectivity index (χ0n) is 14.8. The van der Waals surface area contributed by atoms with Gasteiger partial charge in [-0.25, -0.2) is 0 Å². The summed E-state index contributed by atoms with van der Waals surface area (Å²) in [4.78, 5) is 26.5. The van der Waals surface area contributed by atoms with Crippen LogP contribution in [0.15, 0.2) is 42.5 Å². The molecule has 5 nitrogen and oxygen atoms in total. The van der Waals surface area contributed by atoms with Gasteiger partial charge in [-0.1, -0.05) is 35.9 Å². The Hall–Kier alpha value is -2.53. The van der Waals surface area contributed by atoms with Gasteiger partial charge >= 0.3 is 0 Å². The average Bonchev–Trinajstić information content (AvgIpc) is 3.02. The summed E-state index contributed by atoms with van der Waals surface area (Å²) in [7, 11) is 1.54. The van der Waals surface area contributed by atoms with Crippen molar-refractivity contribution in [3.05, 3.63) is 58.6 Å². The molecule has 0 unspecified atom stereocenters. The number of carbonyl (C=O) groups is 2. The van der Waals surface area contributed by atoms with Crippen molar-refractivity contribution in [1.29, 1.82) is 0 Å². The van der Waals surface area contributed by atoms with E-state index < -0.39 is 5.92 Å². The van der Waals surface area contributed by atoms with E-state index in [0.717, 1.165) is 11.1 Å². The monoisotopic (exact) mass is 372 g/mol. The third-order valence-corrected chi connectivity index (χ3v) is 4.88. The molecule has 1 aliphatic rings. The number of aryl methyl sites for hydroxylation is 1. The van der Waals surface area contributed by atoms with E-state index in [0.29, 0.717) is 29.5 Å². The number of hydrogen-bond donors (Lipinski definition) is 1. The number of hydrogen-bond acceptors (Lipinski definition) is 3. The highest BCUT2D eigenvalue weighted by Gasteiger charge is 2.36. The topological polar surface area (TPSA) is 58.6 Å². The molecule has 1 aliphatic heterocycles. The Morgan fingerprint density at radius 2 is 2.08 bits per heavy atom. The maximum absolute atomic E-state index is 12.5. The number of carbonyl (C=O) groups excluding carboxylic acids is 2. The Kier molecular flexibility index (Phi) is 5.47. The van der Waals surface area contributed by atoms with Gasteiger partial charge in [-0.15, -0.1) is 0 Å². The van der Waals surface area contributed by atoms with Crippen LogP contribution in [0.1, 0.15) is 17.5 Å².